The second kappa shape index (κ2) is 12.8. The van der Waals surface area contributed by atoms with Crippen LogP contribution in [0.5, 0.6) is 0 Å². The number of hydrogen-bond acceptors (Lipinski definition) is 3. The van der Waals surface area contributed by atoms with Crippen LogP contribution in [0.3, 0.4) is 0 Å². The summed E-state index contributed by atoms with van der Waals surface area (Å²) < 4.78 is 7.28. The number of hydrogen-bond donors (Lipinski definition) is 0. The number of fused-ring (bicyclic) bond motifs is 10. The molecule has 4 aromatic heterocycles. The Balaban J connectivity index is 1.25. The lowest BCUT2D eigenvalue weighted by atomic mass is 9.96. The lowest BCUT2D eigenvalue weighted by Crippen LogP contribution is -1.97. The van der Waals surface area contributed by atoms with E-state index in [9.17, 15) is 0 Å². The summed E-state index contributed by atoms with van der Waals surface area (Å²) in [6.07, 6.45) is 1.72. The zero-order valence-corrected chi connectivity index (χ0v) is 32.4. The Morgan fingerprint density at radius 2 is 1.05 bits per heavy atom. The van der Waals surface area contributed by atoms with E-state index in [1.807, 2.05) is 0 Å². The molecule has 0 fully saturated rings. The first-order valence-corrected chi connectivity index (χ1v) is 20.5. The van der Waals surface area contributed by atoms with Crippen LogP contribution >= 0.6 is 11.3 Å². The molecule has 5 heteroatoms. The second-order valence-corrected chi connectivity index (χ2v) is 16.1. The summed E-state index contributed by atoms with van der Waals surface area (Å²) in [6.45, 7) is 2.14. The highest BCUT2D eigenvalue weighted by Crippen LogP contribution is 2.48. The topological polar surface area (TPSA) is 35.6 Å². The zero-order chi connectivity index (χ0) is 38.3. The number of nitrogens with zero attached hydrogens (tertiary/aromatic N) is 4. The van der Waals surface area contributed by atoms with Crippen LogP contribution in [0.1, 0.15) is 5.56 Å². The largest absolute Gasteiger partial charge is 0.309 e. The Morgan fingerprint density at radius 3 is 1.78 bits per heavy atom. The van der Waals surface area contributed by atoms with Crippen LogP contribution in [0.25, 0.3) is 109 Å². The number of aryl methyl sites for hydroxylation is 1. The van der Waals surface area contributed by atoms with Crippen molar-refractivity contribution in [3.05, 3.63) is 194 Å². The van der Waals surface area contributed by atoms with E-state index in [0.29, 0.717) is 0 Å². The minimum atomic E-state index is 0.958. The number of thiophene rings is 1. The summed E-state index contributed by atoms with van der Waals surface area (Å²) in [5, 5.41) is 6.08. The molecule has 0 spiro atoms. The predicted molar refractivity (Wildman–Crippen MR) is 245 cm³/mol. The number of aromatic nitrogens is 4. The quantitative estimate of drug-likeness (QED) is 0.175. The van der Waals surface area contributed by atoms with Gasteiger partial charge in [-0.25, -0.2) is 9.97 Å². The van der Waals surface area contributed by atoms with Crippen molar-refractivity contribution in [2.75, 3.05) is 0 Å². The molecule has 272 valence electrons. The van der Waals surface area contributed by atoms with Crippen LogP contribution in [-0.2, 0) is 0 Å². The molecule has 4 nitrogen and oxygen atoms in total. The minimum absolute atomic E-state index is 0.958. The molecule has 0 radical (unpaired) electrons. The average molecular weight is 759 g/mol. The molecule has 0 atom stereocenters. The Kier molecular flexibility index (Phi) is 7.28. The van der Waals surface area contributed by atoms with E-state index < -0.39 is 0 Å². The fourth-order valence-corrected chi connectivity index (χ4v) is 10.2. The van der Waals surface area contributed by atoms with Gasteiger partial charge in [0.1, 0.15) is 6.33 Å². The fourth-order valence-electron chi connectivity index (χ4n) is 9.10. The molecule has 0 bridgehead atoms. The number of rotatable bonds is 5. The lowest BCUT2D eigenvalue weighted by molar-refractivity contribution is 1.17. The van der Waals surface area contributed by atoms with E-state index >= 15 is 0 Å². The first kappa shape index (κ1) is 32.9. The van der Waals surface area contributed by atoms with E-state index in [4.69, 9.17) is 9.97 Å². The zero-order valence-electron chi connectivity index (χ0n) is 31.6. The maximum Gasteiger partial charge on any atom is 0.116 e. The van der Waals surface area contributed by atoms with Crippen LogP contribution in [0.2, 0.25) is 0 Å². The van der Waals surface area contributed by atoms with E-state index in [1.54, 1.807) is 17.7 Å². The number of benzene rings is 8. The van der Waals surface area contributed by atoms with Crippen LogP contribution in [0.4, 0.5) is 0 Å². The summed E-state index contributed by atoms with van der Waals surface area (Å²) in [5.74, 6) is 0. The van der Waals surface area contributed by atoms with Gasteiger partial charge in [-0.2, -0.15) is 0 Å². The predicted octanol–water partition coefficient (Wildman–Crippen LogP) is 14.3. The summed E-state index contributed by atoms with van der Waals surface area (Å²) >= 11 is 1.77. The van der Waals surface area contributed by atoms with Gasteiger partial charge in [0.15, 0.2) is 0 Å². The van der Waals surface area contributed by atoms with Gasteiger partial charge in [-0.1, -0.05) is 133 Å². The van der Waals surface area contributed by atoms with Gasteiger partial charge in [-0.15, -0.1) is 11.3 Å². The van der Waals surface area contributed by atoms with Crippen molar-refractivity contribution in [1.82, 2.24) is 19.1 Å². The Labute approximate surface area is 338 Å². The van der Waals surface area contributed by atoms with E-state index in [2.05, 4.69) is 198 Å². The van der Waals surface area contributed by atoms with Crippen LogP contribution < -0.4 is 0 Å². The molecule has 0 aliphatic heterocycles. The fraction of sp³-hybridized carbons (Fsp3) is 0.0189. The molecular weight excluding hydrogens is 725 g/mol. The summed E-state index contributed by atoms with van der Waals surface area (Å²) in [5.41, 5.74) is 15.9. The summed E-state index contributed by atoms with van der Waals surface area (Å²) in [4.78, 5) is 9.76. The van der Waals surface area contributed by atoms with Crippen molar-refractivity contribution in [3.63, 3.8) is 0 Å². The molecular formula is C53H34N4S. The van der Waals surface area contributed by atoms with E-state index in [0.717, 1.165) is 43.9 Å². The van der Waals surface area contributed by atoms with Crippen molar-refractivity contribution >= 4 is 75.3 Å². The smallest absolute Gasteiger partial charge is 0.116 e. The lowest BCUT2D eigenvalue weighted by Gasteiger charge is -2.14. The second-order valence-electron chi connectivity index (χ2n) is 15.1. The summed E-state index contributed by atoms with van der Waals surface area (Å²) in [6, 6.07) is 66.2. The monoisotopic (exact) mass is 758 g/mol. The normalized spacial score (nSPS) is 11.9. The van der Waals surface area contributed by atoms with E-state index in [1.165, 1.54) is 70.5 Å². The molecule has 0 saturated carbocycles. The SMILES string of the molecule is Cc1ccc2sc3c(-c4ccc5c6c7c8ccc(-c9ccccc9)cc8n(-c8ccccc8)c7c(-c7ccccc7)cc6n(-c6ccccc6)c5c4)ncnc3c2c1. The highest BCUT2D eigenvalue weighted by Gasteiger charge is 2.25. The third-order valence-electron chi connectivity index (χ3n) is 11.7. The van der Waals surface area contributed by atoms with Gasteiger partial charge in [-0.3, -0.25) is 0 Å². The molecule has 58 heavy (non-hydrogen) atoms. The van der Waals surface area contributed by atoms with Crippen molar-refractivity contribution in [1.29, 1.82) is 0 Å². The minimum Gasteiger partial charge on any atom is -0.309 e. The first-order valence-electron chi connectivity index (χ1n) is 19.6. The Bertz CT molecular complexity index is 3550. The van der Waals surface area contributed by atoms with Crippen molar-refractivity contribution in [3.8, 4) is 44.9 Å². The van der Waals surface area contributed by atoms with E-state index in [-0.39, 0.29) is 0 Å². The maximum atomic E-state index is 4.96. The highest BCUT2D eigenvalue weighted by molar-refractivity contribution is 7.26. The highest BCUT2D eigenvalue weighted by atomic mass is 32.1. The van der Waals surface area contributed by atoms with Gasteiger partial charge >= 0.3 is 0 Å². The number of para-hydroxylation sites is 2. The molecule has 4 heterocycles. The molecule has 0 amide bonds. The third-order valence-corrected chi connectivity index (χ3v) is 12.8. The Morgan fingerprint density at radius 1 is 0.448 bits per heavy atom. The van der Waals surface area contributed by atoms with Gasteiger partial charge in [0.25, 0.3) is 0 Å². The summed E-state index contributed by atoms with van der Waals surface area (Å²) in [7, 11) is 0. The first-order chi connectivity index (χ1) is 28.7. The molecule has 0 aliphatic rings. The standard InChI is InChI=1S/C53H34N4S/c1-33-22-27-47-43(28-33)51-53(58-47)50(54-32-55-51)37-24-26-40-44(30-37)56(38-18-10-4-11-19-38)46-31-42(35-16-8-3-9-17-35)52-49(48(40)46)41-25-23-36(34-14-6-2-7-15-34)29-45(41)57(52)39-20-12-5-13-21-39/h2-32H,1H3. The molecule has 0 saturated heterocycles. The van der Waals surface area contributed by atoms with Gasteiger partial charge in [0.05, 0.1) is 38.0 Å². The molecule has 0 aliphatic carbocycles. The molecule has 12 aromatic rings. The van der Waals surface area contributed by atoms with Gasteiger partial charge in [0.2, 0.25) is 0 Å². The Hall–Kier alpha value is -7.34. The van der Waals surface area contributed by atoms with Gasteiger partial charge in [-0.05, 0) is 78.2 Å². The van der Waals surface area contributed by atoms with Crippen molar-refractivity contribution in [2.45, 2.75) is 6.92 Å². The van der Waals surface area contributed by atoms with Crippen LogP contribution in [-0.4, -0.2) is 19.1 Å². The third kappa shape index (κ3) is 4.93. The molecule has 12 rings (SSSR count). The van der Waals surface area contributed by atoms with Crippen molar-refractivity contribution < 1.29 is 0 Å². The average Bonchev–Trinajstić information content (AvgIpc) is 3.94. The molecule has 0 unspecified atom stereocenters. The van der Waals surface area contributed by atoms with Crippen LogP contribution in [0.15, 0.2) is 188 Å². The maximum absolute atomic E-state index is 4.96. The van der Waals surface area contributed by atoms with Gasteiger partial charge < -0.3 is 9.13 Å². The van der Waals surface area contributed by atoms with Crippen LogP contribution in [0, 0.1) is 6.92 Å². The molecule has 8 aromatic carbocycles. The van der Waals surface area contributed by atoms with Gasteiger partial charge in [0, 0.05) is 54.1 Å². The van der Waals surface area contributed by atoms with Crippen molar-refractivity contribution in [2.24, 2.45) is 0 Å². The molecule has 0 N–H and O–H groups in total.